The Balaban J connectivity index is 2.12. The third-order valence-corrected chi connectivity index (χ3v) is 3.37. The van der Waals surface area contributed by atoms with Gasteiger partial charge in [-0.25, -0.2) is 0 Å². The molecule has 19 heavy (non-hydrogen) atoms. The predicted molar refractivity (Wildman–Crippen MR) is 75.1 cm³/mol. The minimum absolute atomic E-state index is 0.0876. The third-order valence-electron chi connectivity index (χ3n) is 2.69. The van der Waals surface area contributed by atoms with Gasteiger partial charge in [0.15, 0.2) is 0 Å². The Bertz CT molecular complexity index is 393. The van der Waals surface area contributed by atoms with Crippen LogP contribution in [0.1, 0.15) is 30.1 Å². The molecule has 0 fully saturated rings. The van der Waals surface area contributed by atoms with Crippen molar-refractivity contribution in [2.75, 3.05) is 19.7 Å². The maximum atomic E-state index is 11.6. The van der Waals surface area contributed by atoms with Gasteiger partial charge >= 0.3 is 0 Å². The Morgan fingerprint density at radius 1 is 1.42 bits per heavy atom. The van der Waals surface area contributed by atoms with Gasteiger partial charge in [0.1, 0.15) is 0 Å². The van der Waals surface area contributed by atoms with Crippen LogP contribution in [0.3, 0.4) is 0 Å². The first-order valence-corrected chi connectivity index (χ1v) is 7.25. The summed E-state index contributed by atoms with van der Waals surface area (Å²) in [4.78, 5) is 23.1. The highest BCUT2D eigenvalue weighted by Gasteiger charge is 2.07. The summed E-state index contributed by atoms with van der Waals surface area (Å²) in [6.45, 7) is 2.98. The molecule has 0 aromatic carbocycles. The second kappa shape index (κ2) is 8.66. The van der Waals surface area contributed by atoms with Crippen LogP contribution in [0.2, 0.25) is 0 Å². The lowest BCUT2D eigenvalue weighted by Crippen LogP contribution is -2.32. The molecule has 5 nitrogen and oxygen atoms in total. The fourth-order valence-electron chi connectivity index (χ4n) is 1.48. The van der Waals surface area contributed by atoms with Gasteiger partial charge in [-0.2, -0.15) is 11.3 Å². The van der Waals surface area contributed by atoms with Gasteiger partial charge < -0.3 is 15.7 Å². The van der Waals surface area contributed by atoms with E-state index in [0.717, 1.165) is 0 Å². The van der Waals surface area contributed by atoms with Crippen molar-refractivity contribution in [1.29, 1.82) is 0 Å². The second-order valence-electron chi connectivity index (χ2n) is 4.44. The summed E-state index contributed by atoms with van der Waals surface area (Å²) in [7, 11) is 0. The van der Waals surface area contributed by atoms with Gasteiger partial charge in [-0.3, -0.25) is 9.59 Å². The number of carbonyl (C=O) groups is 2. The van der Waals surface area contributed by atoms with Crippen LogP contribution >= 0.6 is 11.3 Å². The minimum Gasteiger partial charge on any atom is -0.396 e. The van der Waals surface area contributed by atoms with Gasteiger partial charge in [0.2, 0.25) is 5.91 Å². The first-order chi connectivity index (χ1) is 9.13. The molecule has 6 heteroatoms. The highest BCUT2D eigenvalue weighted by molar-refractivity contribution is 7.08. The molecule has 0 spiro atoms. The summed E-state index contributed by atoms with van der Waals surface area (Å²) in [5.41, 5.74) is 0.627. The molecule has 0 saturated carbocycles. The van der Waals surface area contributed by atoms with Crippen LogP contribution in [0.15, 0.2) is 16.8 Å². The van der Waals surface area contributed by atoms with Crippen LogP contribution in [0.5, 0.6) is 0 Å². The van der Waals surface area contributed by atoms with E-state index in [0.29, 0.717) is 25.1 Å². The van der Waals surface area contributed by atoms with Crippen molar-refractivity contribution in [1.82, 2.24) is 10.6 Å². The first-order valence-electron chi connectivity index (χ1n) is 6.31. The molecule has 0 aliphatic rings. The van der Waals surface area contributed by atoms with Gasteiger partial charge in [-0.15, -0.1) is 0 Å². The lowest BCUT2D eigenvalue weighted by molar-refractivity contribution is -0.121. The van der Waals surface area contributed by atoms with Crippen molar-refractivity contribution in [3.63, 3.8) is 0 Å². The number of carbonyl (C=O) groups excluding carboxylic acids is 2. The molecule has 1 unspecified atom stereocenters. The Kier molecular flexibility index (Phi) is 7.14. The number of aliphatic hydroxyl groups is 1. The Hall–Kier alpha value is -1.40. The molecule has 0 saturated heterocycles. The maximum absolute atomic E-state index is 11.6. The lowest BCUT2D eigenvalue weighted by atomic mass is 10.1. The molecule has 2 amide bonds. The largest absolute Gasteiger partial charge is 0.396 e. The molecule has 1 heterocycles. The van der Waals surface area contributed by atoms with Crippen LogP contribution in [-0.2, 0) is 4.79 Å². The van der Waals surface area contributed by atoms with E-state index in [9.17, 15) is 9.59 Å². The average Bonchev–Trinajstić information content (AvgIpc) is 2.90. The molecule has 1 atom stereocenters. The van der Waals surface area contributed by atoms with Crippen LogP contribution in [0, 0.1) is 5.92 Å². The van der Waals surface area contributed by atoms with Crippen LogP contribution in [0.25, 0.3) is 0 Å². The molecule has 1 aromatic rings. The molecule has 0 radical (unpaired) electrons. The summed E-state index contributed by atoms with van der Waals surface area (Å²) < 4.78 is 0. The molecule has 3 N–H and O–H groups in total. The standard InChI is InChI=1S/C13H20N2O3S/c1-10(3-6-16)8-15-12(17)2-5-14-13(18)11-4-7-19-9-11/h4,7,9-10,16H,2-3,5-6,8H2,1H3,(H,14,18)(H,15,17). The van der Waals surface area contributed by atoms with Crippen molar-refractivity contribution in [3.8, 4) is 0 Å². The first kappa shape index (κ1) is 15.7. The Morgan fingerprint density at radius 2 is 2.21 bits per heavy atom. The monoisotopic (exact) mass is 284 g/mol. The van der Waals surface area contributed by atoms with Crippen LogP contribution in [-0.4, -0.2) is 36.6 Å². The molecule has 106 valence electrons. The fourth-order valence-corrected chi connectivity index (χ4v) is 2.12. The third kappa shape index (κ3) is 6.35. The molecule has 0 aliphatic heterocycles. The molecule has 1 aromatic heterocycles. The van der Waals surface area contributed by atoms with Crippen molar-refractivity contribution in [2.24, 2.45) is 5.92 Å². The normalized spacial score (nSPS) is 11.9. The van der Waals surface area contributed by atoms with E-state index < -0.39 is 0 Å². The van der Waals surface area contributed by atoms with E-state index in [2.05, 4.69) is 10.6 Å². The number of amides is 2. The van der Waals surface area contributed by atoms with E-state index in [4.69, 9.17) is 5.11 Å². The zero-order valence-electron chi connectivity index (χ0n) is 11.0. The minimum atomic E-state index is -0.150. The molecule has 0 aliphatic carbocycles. The fraction of sp³-hybridized carbons (Fsp3) is 0.538. The number of thiophene rings is 1. The Morgan fingerprint density at radius 3 is 2.84 bits per heavy atom. The Labute approximate surface area is 117 Å². The quantitative estimate of drug-likeness (QED) is 0.666. The smallest absolute Gasteiger partial charge is 0.252 e. The van der Waals surface area contributed by atoms with E-state index in [-0.39, 0.29) is 30.8 Å². The highest BCUT2D eigenvalue weighted by Crippen LogP contribution is 2.05. The van der Waals surface area contributed by atoms with E-state index in [1.807, 2.05) is 12.3 Å². The van der Waals surface area contributed by atoms with Crippen LogP contribution < -0.4 is 10.6 Å². The van der Waals surface area contributed by atoms with E-state index in [1.54, 1.807) is 11.4 Å². The number of nitrogens with one attached hydrogen (secondary N) is 2. The van der Waals surface area contributed by atoms with Gasteiger partial charge in [-0.05, 0) is 23.8 Å². The summed E-state index contributed by atoms with van der Waals surface area (Å²) in [5, 5.41) is 17.8. The summed E-state index contributed by atoms with van der Waals surface area (Å²) >= 11 is 1.46. The average molecular weight is 284 g/mol. The van der Waals surface area contributed by atoms with E-state index >= 15 is 0 Å². The summed E-state index contributed by atoms with van der Waals surface area (Å²) in [6.07, 6.45) is 0.941. The SMILES string of the molecule is CC(CCO)CNC(=O)CCNC(=O)c1ccsc1. The molecule has 0 bridgehead atoms. The summed E-state index contributed by atoms with van der Waals surface area (Å²) in [5.74, 6) is 0.0208. The predicted octanol–water partition coefficient (Wildman–Crippen LogP) is 1.00. The number of rotatable bonds is 8. The topological polar surface area (TPSA) is 78.4 Å². The maximum Gasteiger partial charge on any atom is 0.252 e. The van der Waals surface area contributed by atoms with Gasteiger partial charge in [-0.1, -0.05) is 6.92 Å². The van der Waals surface area contributed by atoms with Gasteiger partial charge in [0, 0.05) is 37.1 Å². The molecule has 1 rings (SSSR count). The van der Waals surface area contributed by atoms with Gasteiger partial charge in [0.05, 0.1) is 0 Å². The van der Waals surface area contributed by atoms with Crippen molar-refractivity contribution in [3.05, 3.63) is 22.4 Å². The number of hydrogen-bond acceptors (Lipinski definition) is 4. The number of hydrogen-bond donors (Lipinski definition) is 3. The van der Waals surface area contributed by atoms with E-state index in [1.165, 1.54) is 11.3 Å². The number of aliphatic hydroxyl groups excluding tert-OH is 1. The zero-order valence-corrected chi connectivity index (χ0v) is 11.8. The highest BCUT2D eigenvalue weighted by atomic mass is 32.1. The van der Waals surface area contributed by atoms with Crippen molar-refractivity contribution < 1.29 is 14.7 Å². The lowest BCUT2D eigenvalue weighted by Gasteiger charge is -2.11. The van der Waals surface area contributed by atoms with Gasteiger partial charge in [0.25, 0.3) is 5.91 Å². The van der Waals surface area contributed by atoms with Crippen molar-refractivity contribution >= 4 is 23.2 Å². The second-order valence-corrected chi connectivity index (χ2v) is 5.22. The molecular formula is C13H20N2O3S. The van der Waals surface area contributed by atoms with Crippen molar-refractivity contribution in [2.45, 2.75) is 19.8 Å². The summed E-state index contributed by atoms with van der Waals surface area (Å²) in [6, 6.07) is 1.75. The van der Waals surface area contributed by atoms with Crippen LogP contribution in [0.4, 0.5) is 0 Å². The molecular weight excluding hydrogens is 264 g/mol. The zero-order chi connectivity index (χ0) is 14.1.